The van der Waals surface area contributed by atoms with Gasteiger partial charge in [0.15, 0.2) is 0 Å². The Bertz CT molecular complexity index is 696. The lowest BCUT2D eigenvalue weighted by molar-refractivity contribution is -0.161. The molecule has 1 fully saturated rings. The number of aliphatic hydroxyl groups is 3. The molecule has 1 saturated carbocycles. The van der Waals surface area contributed by atoms with Crippen LogP contribution in [0.2, 0.25) is 0 Å². The van der Waals surface area contributed by atoms with Gasteiger partial charge < -0.3 is 24.5 Å². The smallest absolute Gasteiger partial charge is 0.334 e. The number of ether oxygens (including phenoxy) is 1. The predicted octanol–water partition coefficient (Wildman–Crippen LogP) is 2.08. The maximum Gasteiger partial charge on any atom is 0.334 e. The molecule has 1 aromatic rings. The summed E-state index contributed by atoms with van der Waals surface area (Å²) in [5.41, 5.74) is 0.392. The molecule has 27 heavy (non-hydrogen) atoms. The Morgan fingerprint density at radius 1 is 1.37 bits per heavy atom. The van der Waals surface area contributed by atoms with Crippen molar-refractivity contribution in [3.63, 3.8) is 0 Å². The Labute approximate surface area is 159 Å². The molecule has 3 N–H and O–H groups in total. The molecule has 0 bridgehead atoms. The minimum atomic E-state index is -1.14. The Morgan fingerprint density at radius 2 is 2.11 bits per heavy atom. The first-order chi connectivity index (χ1) is 12.8. The largest absolute Gasteiger partial charge is 0.472 e. The van der Waals surface area contributed by atoms with Crippen molar-refractivity contribution in [1.29, 1.82) is 0 Å². The van der Waals surface area contributed by atoms with E-state index in [1.54, 1.807) is 12.5 Å². The summed E-state index contributed by atoms with van der Waals surface area (Å²) in [6.45, 7) is 4.04. The fourth-order valence-corrected chi connectivity index (χ4v) is 5.59. The monoisotopic (exact) mass is 378 g/mol. The average Bonchev–Trinajstić information content (AvgIpc) is 3.16. The van der Waals surface area contributed by atoms with Crippen molar-refractivity contribution in [3.8, 4) is 0 Å². The highest BCUT2D eigenvalue weighted by Gasteiger charge is 2.60. The first-order valence-corrected chi connectivity index (χ1v) is 9.56. The molecular formula is C21H30O6. The summed E-state index contributed by atoms with van der Waals surface area (Å²) in [7, 11) is 1.33. The number of esters is 1. The maximum atomic E-state index is 12.4. The summed E-state index contributed by atoms with van der Waals surface area (Å²) in [6.07, 6.45) is 5.46. The lowest BCUT2D eigenvalue weighted by Gasteiger charge is -2.60. The van der Waals surface area contributed by atoms with Crippen LogP contribution >= 0.6 is 0 Å². The van der Waals surface area contributed by atoms with Gasteiger partial charge in [-0.3, -0.25) is 0 Å². The summed E-state index contributed by atoms with van der Waals surface area (Å²) >= 11 is 0. The van der Waals surface area contributed by atoms with E-state index in [-0.39, 0.29) is 18.4 Å². The van der Waals surface area contributed by atoms with Gasteiger partial charge in [0.2, 0.25) is 0 Å². The number of aliphatic hydroxyl groups excluding tert-OH is 3. The zero-order valence-electron chi connectivity index (χ0n) is 16.2. The molecule has 150 valence electrons. The van der Waals surface area contributed by atoms with Crippen LogP contribution in [-0.2, 0) is 16.0 Å². The lowest BCUT2D eigenvalue weighted by Crippen LogP contribution is -2.60. The van der Waals surface area contributed by atoms with Gasteiger partial charge in [-0.05, 0) is 54.7 Å². The van der Waals surface area contributed by atoms with Gasteiger partial charge in [-0.2, -0.15) is 0 Å². The second-order valence-corrected chi connectivity index (χ2v) is 8.50. The standard InChI is InChI=1S/C21H30O6/c1-20(7-4-13-6-9-27-12-13)14(11-22)5-8-21(2)15(19(25)26-3)10-16(23)17(24)18(20)21/h6,9-10,12,14,16-18,22-24H,4-5,7-8,11H2,1-3H3. The zero-order valence-corrected chi connectivity index (χ0v) is 16.2. The molecular weight excluding hydrogens is 348 g/mol. The summed E-state index contributed by atoms with van der Waals surface area (Å²) in [5.74, 6) is -0.869. The third kappa shape index (κ3) is 3.24. The van der Waals surface area contributed by atoms with Crippen molar-refractivity contribution in [2.45, 2.75) is 51.7 Å². The summed E-state index contributed by atoms with van der Waals surface area (Å²) < 4.78 is 10.1. The predicted molar refractivity (Wildman–Crippen MR) is 98.7 cm³/mol. The average molecular weight is 378 g/mol. The van der Waals surface area contributed by atoms with E-state index in [9.17, 15) is 20.1 Å². The number of rotatable bonds is 5. The van der Waals surface area contributed by atoms with E-state index in [1.165, 1.54) is 13.2 Å². The second kappa shape index (κ2) is 7.41. The molecule has 2 aliphatic rings. The number of methoxy groups -OCH3 is 1. The summed E-state index contributed by atoms with van der Waals surface area (Å²) in [5, 5.41) is 31.5. The Balaban J connectivity index is 2.02. The molecule has 0 aliphatic heterocycles. The topological polar surface area (TPSA) is 100 Å². The molecule has 1 aromatic heterocycles. The first-order valence-electron chi connectivity index (χ1n) is 9.56. The van der Waals surface area contributed by atoms with Crippen LogP contribution < -0.4 is 0 Å². The number of carbonyl (C=O) groups is 1. The van der Waals surface area contributed by atoms with Gasteiger partial charge >= 0.3 is 5.97 Å². The van der Waals surface area contributed by atoms with E-state index < -0.39 is 29.0 Å². The van der Waals surface area contributed by atoms with Gasteiger partial charge in [-0.25, -0.2) is 4.79 Å². The lowest BCUT2D eigenvalue weighted by atomic mass is 9.45. The van der Waals surface area contributed by atoms with E-state index >= 15 is 0 Å². The number of fused-ring (bicyclic) bond motifs is 1. The van der Waals surface area contributed by atoms with Crippen LogP contribution in [0.3, 0.4) is 0 Å². The normalized spacial score (nSPS) is 38.8. The molecule has 0 aromatic carbocycles. The highest BCUT2D eigenvalue weighted by Crippen LogP contribution is 2.62. The highest BCUT2D eigenvalue weighted by molar-refractivity contribution is 5.90. The van der Waals surface area contributed by atoms with Crippen molar-refractivity contribution < 1.29 is 29.3 Å². The summed E-state index contributed by atoms with van der Waals surface area (Å²) in [6, 6.07) is 1.91. The van der Waals surface area contributed by atoms with Crippen LogP contribution in [0.1, 0.15) is 38.7 Å². The zero-order chi connectivity index (χ0) is 19.8. The van der Waals surface area contributed by atoms with E-state index in [0.29, 0.717) is 18.4 Å². The fraction of sp³-hybridized carbons (Fsp3) is 0.667. The molecule has 6 heteroatoms. The first kappa shape index (κ1) is 20.1. The minimum absolute atomic E-state index is 0.00849. The van der Waals surface area contributed by atoms with Gasteiger partial charge in [0.1, 0.15) is 0 Å². The molecule has 6 nitrogen and oxygen atoms in total. The quantitative estimate of drug-likeness (QED) is 0.679. The van der Waals surface area contributed by atoms with Gasteiger partial charge in [0.25, 0.3) is 0 Å². The summed E-state index contributed by atoms with van der Waals surface area (Å²) in [4.78, 5) is 12.4. The third-order valence-corrected chi connectivity index (χ3v) is 7.14. The number of furan rings is 1. The van der Waals surface area contributed by atoms with Gasteiger partial charge in [-0.15, -0.1) is 0 Å². The molecule has 0 radical (unpaired) electrons. The van der Waals surface area contributed by atoms with Crippen molar-refractivity contribution in [2.75, 3.05) is 13.7 Å². The van der Waals surface area contributed by atoms with E-state index in [4.69, 9.17) is 9.15 Å². The van der Waals surface area contributed by atoms with Crippen LogP contribution in [0.5, 0.6) is 0 Å². The highest BCUT2D eigenvalue weighted by atomic mass is 16.5. The van der Waals surface area contributed by atoms with Crippen LogP contribution in [-0.4, -0.2) is 47.2 Å². The second-order valence-electron chi connectivity index (χ2n) is 8.50. The maximum absolute atomic E-state index is 12.4. The number of hydrogen-bond acceptors (Lipinski definition) is 6. The number of aryl methyl sites for hydroxylation is 1. The van der Waals surface area contributed by atoms with Crippen molar-refractivity contribution in [3.05, 3.63) is 35.8 Å². The molecule has 1 heterocycles. The van der Waals surface area contributed by atoms with Gasteiger partial charge in [0, 0.05) is 23.5 Å². The molecule has 3 rings (SSSR count). The van der Waals surface area contributed by atoms with Crippen molar-refractivity contribution in [2.24, 2.45) is 22.7 Å². The Morgan fingerprint density at radius 3 is 2.70 bits per heavy atom. The molecule has 0 saturated heterocycles. The van der Waals surface area contributed by atoms with Crippen LogP contribution in [0, 0.1) is 22.7 Å². The molecule has 2 aliphatic carbocycles. The number of carbonyl (C=O) groups excluding carboxylic acids is 1. The van der Waals surface area contributed by atoms with Crippen LogP contribution in [0.15, 0.2) is 34.7 Å². The molecule has 6 atom stereocenters. The van der Waals surface area contributed by atoms with Crippen molar-refractivity contribution in [1.82, 2.24) is 0 Å². The van der Waals surface area contributed by atoms with E-state index in [2.05, 4.69) is 6.92 Å². The molecule has 0 amide bonds. The van der Waals surface area contributed by atoms with Crippen molar-refractivity contribution >= 4 is 5.97 Å². The fourth-order valence-electron chi connectivity index (χ4n) is 5.59. The Hall–Kier alpha value is -1.63. The van der Waals surface area contributed by atoms with Gasteiger partial charge in [0.05, 0.1) is 31.8 Å². The van der Waals surface area contributed by atoms with Crippen LogP contribution in [0.25, 0.3) is 0 Å². The van der Waals surface area contributed by atoms with E-state index in [0.717, 1.165) is 18.4 Å². The Kier molecular flexibility index (Phi) is 5.52. The van der Waals surface area contributed by atoms with E-state index in [1.807, 2.05) is 13.0 Å². The minimum Gasteiger partial charge on any atom is -0.472 e. The molecule has 0 spiro atoms. The molecule has 6 unspecified atom stereocenters. The SMILES string of the molecule is COC(=O)C1=CC(O)C(O)C2C1(C)CCC(CO)C2(C)CCc1ccoc1. The third-order valence-electron chi connectivity index (χ3n) is 7.14. The van der Waals surface area contributed by atoms with Crippen LogP contribution in [0.4, 0.5) is 0 Å². The number of hydrogen-bond donors (Lipinski definition) is 3. The van der Waals surface area contributed by atoms with Gasteiger partial charge in [-0.1, -0.05) is 13.8 Å².